The molecule has 8 aliphatic rings. The molecule has 4 saturated carbocycles. The molecule has 27 heteroatoms. The van der Waals surface area contributed by atoms with Crippen LogP contribution in [0.15, 0.2) is 158 Å². The highest BCUT2D eigenvalue weighted by Crippen LogP contribution is 2.49. The molecule has 552 valence electrons. The summed E-state index contributed by atoms with van der Waals surface area (Å²) in [5, 5.41) is 33.0. The van der Waals surface area contributed by atoms with Gasteiger partial charge in [0.25, 0.3) is 16.3 Å². The third-order valence-electron chi connectivity index (χ3n) is 22.0. The number of carbonyl (C=O) groups is 6. The van der Waals surface area contributed by atoms with Gasteiger partial charge in [0.2, 0.25) is 43.7 Å². The summed E-state index contributed by atoms with van der Waals surface area (Å²) in [5.74, 6) is -3.82. The number of ether oxygens (including phenoxy) is 2. The Labute approximate surface area is 618 Å². The summed E-state index contributed by atoms with van der Waals surface area (Å²) >= 11 is 2.83. The summed E-state index contributed by atoms with van der Waals surface area (Å²) in [6, 6.07) is 40.7. The number of hydrogen-bond acceptors (Lipinski definition) is 18. The highest BCUT2D eigenvalue weighted by Gasteiger charge is 2.64. The average molecular weight is 1500 g/mol. The Hall–Kier alpha value is -9.02. The number of fused-ring (bicyclic) bond motifs is 8. The van der Waals surface area contributed by atoms with Gasteiger partial charge in [-0.2, -0.15) is 0 Å². The van der Waals surface area contributed by atoms with Crippen LogP contribution >= 0.6 is 22.7 Å². The second-order valence-electron chi connectivity index (χ2n) is 29.7. The van der Waals surface area contributed by atoms with Gasteiger partial charge in [0.1, 0.15) is 47.5 Å². The Morgan fingerprint density at radius 2 is 0.990 bits per heavy atom. The molecular weight excluding hydrogens is 1410 g/mol. The maximum atomic E-state index is 14.7. The van der Waals surface area contributed by atoms with Gasteiger partial charge in [-0.05, 0) is 161 Å². The summed E-state index contributed by atoms with van der Waals surface area (Å²) in [7, 11) is -7.16. The predicted molar refractivity (Wildman–Crippen MR) is 407 cm³/mol. The van der Waals surface area contributed by atoms with Crippen molar-refractivity contribution >= 4 is 132 Å². The lowest BCUT2D eigenvalue weighted by Crippen LogP contribution is -2.58. The number of carboxylic acids is 1. The molecule has 23 nitrogen and oxygen atoms in total. The van der Waals surface area contributed by atoms with Gasteiger partial charge in [-0.1, -0.05) is 158 Å². The maximum Gasteiger partial charge on any atom is 0.330 e. The van der Waals surface area contributed by atoms with E-state index < -0.39 is 101 Å². The van der Waals surface area contributed by atoms with Crippen molar-refractivity contribution in [3.8, 4) is 10.4 Å². The number of aromatic nitrogens is 2. The molecular formula is C78H88N10O13S4. The Balaban J connectivity index is 0.000000161. The predicted octanol–water partition coefficient (Wildman–Crippen LogP) is 11.3. The standard InChI is InChI=1S/C39H43N5O6S2.C35H36N4O5S.C4H9NO2S/c1-38(19-20-38)52(48,49)43-36(47)39-23-27(39)13-5-3-2-4-6-15-31(40-28-18-17-25-11-7-8-12-26(25)21-28)35(46)44-24-29(22-32(44)34(45)42-39)50-37-41-30-14-9-10-16-33(30)51-37;40-31-29-19-26(44-34-37-27-13-8-9-15-30(27)45-34)21-39(29)32(41)28(36-25-17-16-22-10-6-7-11-23(22)18-25)14-5-3-1-2-4-12-24-20-35(24,38-31)33(42)43;1-4(2-3-4)8(5,6)7/h5,7-14,16-18,21,27,29,31-32,40H,2-4,6,15,19-20,22-24H2,1H3,(H,42,45)(H,43,47);4,6-13,15-18,24,26,28-29,36H,1-3,5,14,19-21H2,(H,38,40)(H,42,43);2-3H2,1H3,(H2,5,6,7)/b13-5-;12-4-;/t27-,29-,31+,32+,39-;24-,26-,28+,29+,35-;/m11./s1. The van der Waals surface area contributed by atoms with Crippen LogP contribution in [0.1, 0.15) is 129 Å². The molecule has 0 spiro atoms. The number of benzene rings is 6. The minimum absolute atomic E-state index is 0.151. The first-order valence-corrected chi connectivity index (χ1v) is 41.0. The van der Waals surface area contributed by atoms with Gasteiger partial charge in [-0.3, -0.25) is 28.7 Å². The Bertz CT molecular complexity index is 4890. The number of nitrogens with zero attached hydrogens (tertiary/aromatic N) is 4. The first kappa shape index (κ1) is 72.9. The summed E-state index contributed by atoms with van der Waals surface area (Å²) in [6.45, 7) is 3.64. The van der Waals surface area contributed by atoms with Crippen molar-refractivity contribution in [3.05, 3.63) is 158 Å². The Morgan fingerprint density at radius 1 is 0.562 bits per heavy atom. The molecule has 8 aromatic rings. The highest BCUT2D eigenvalue weighted by molar-refractivity contribution is 7.91. The summed E-state index contributed by atoms with van der Waals surface area (Å²) in [5.41, 5.74) is 0.491. The second kappa shape index (κ2) is 29.7. The number of hydrogen-bond donors (Lipinski definition) is 7. The van der Waals surface area contributed by atoms with E-state index in [1.807, 2.05) is 152 Å². The van der Waals surface area contributed by atoms with Gasteiger partial charge >= 0.3 is 5.97 Å². The second-order valence-corrected chi connectivity index (χ2v) is 36.0. The first-order valence-electron chi connectivity index (χ1n) is 36.3. The van der Waals surface area contributed by atoms with E-state index in [2.05, 4.69) is 42.0 Å². The van der Waals surface area contributed by atoms with E-state index in [1.54, 1.807) is 23.6 Å². The van der Waals surface area contributed by atoms with Crippen molar-refractivity contribution in [1.82, 2.24) is 35.1 Å². The molecule has 0 unspecified atom stereocenters. The summed E-state index contributed by atoms with van der Waals surface area (Å²) in [4.78, 5) is 96.0. The number of nitrogens with two attached hydrogens (primary N) is 1. The lowest BCUT2D eigenvalue weighted by molar-refractivity contribution is -0.145. The number of primary sulfonamides is 1. The number of thiazole rings is 2. The van der Waals surface area contributed by atoms with Crippen molar-refractivity contribution in [3.63, 3.8) is 0 Å². The fourth-order valence-electron chi connectivity index (χ4n) is 14.6. The van der Waals surface area contributed by atoms with Gasteiger partial charge in [0.15, 0.2) is 0 Å². The van der Waals surface area contributed by atoms with Crippen LogP contribution in [0.3, 0.4) is 0 Å². The molecule has 0 bridgehead atoms. The third kappa shape index (κ3) is 16.1. The lowest BCUT2D eigenvalue weighted by Gasteiger charge is -2.30. The highest BCUT2D eigenvalue weighted by atomic mass is 32.2. The monoisotopic (exact) mass is 1500 g/mol. The van der Waals surface area contributed by atoms with Gasteiger partial charge < -0.3 is 45.6 Å². The number of para-hydroxylation sites is 2. The van der Waals surface area contributed by atoms with E-state index in [9.17, 15) is 50.7 Å². The van der Waals surface area contributed by atoms with Crippen molar-refractivity contribution in [1.29, 1.82) is 0 Å². The third-order valence-corrected chi connectivity index (χ3v) is 27.8. The number of nitrogens with one attached hydrogen (secondary N) is 5. The lowest BCUT2D eigenvalue weighted by atomic mass is 10.0. The van der Waals surface area contributed by atoms with Crippen LogP contribution in [0.2, 0.25) is 0 Å². The van der Waals surface area contributed by atoms with E-state index >= 15 is 0 Å². The van der Waals surface area contributed by atoms with E-state index in [4.69, 9.17) is 14.6 Å². The van der Waals surface area contributed by atoms with Crippen molar-refractivity contribution < 1.29 is 60.2 Å². The van der Waals surface area contributed by atoms with Gasteiger partial charge in [0.05, 0.1) is 43.0 Å². The molecule has 10 atom stereocenters. The normalized spacial score (nSPS) is 27.8. The largest absolute Gasteiger partial charge is 0.479 e. The minimum atomic E-state index is -3.94. The van der Waals surface area contributed by atoms with Crippen molar-refractivity contribution in [2.45, 2.75) is 186 Å². The van der Waals surface area contributed by atoms with Crippen LogP contribution < -0.4 is 40.6 Å². The van der Waals surface area contributed by atoms with Crippen LogP contribution in [0.5, 0.6) is 10.4 Å². The summed E-state index contributed by atoms with van der Waals surface area (Å²) in [6.07, 6.45) is 18.4. The molecule has 2 saturated heterocycles. The topological polar surface area (TPSA) is 328 Å². The van der Waals surface area contributed by atoms with E-state index in [-0.39, 0.29) is 56.0 Å². The maximum absolute atomic E-state index is 14.7. The summed E-state index contributed by atoms with van der Waals surface area (Å²) < 4.78 is 62.6. The number of anilines is 2. The molecule has 6 heterocycles. The molecule has 8 N–H and O–H groups in total. The number of carboxylic acid groups (broad SMARTS) is 1. The first-order chi connectivity index (χ1) is 50.4. The number of allylic oxidation sites excluding steroid dienone is 2. The van der Waals surface area contributed by atoms with Gasteiger partial charge in [0, 0.05) is 36.1 Å². The number of aliphatic carboxylic acids is 1. The Kier molecular flexibility index (Phi) is 20.6. The zero-order chi connectivity index (χ0) is 73.5. The number of sulfonamides is 2. The van der Waals surface area contributed by atoms with E-state index in [1.165, 1.54) is 22.7 Å². The number of amides is 5. The molecule has 4 aliphatic heterocycles. The van der Waals surface area contributed by atoms with Crippen molar-refractivity contribution in [2.75, 3.05) is 23.7 Å². The number of carbonyl (C=O) groups excluding carboxylic acids is 5. The van der Waals surface area contributed by atoms with E-state index in [0.717, 1.165) is 118 Å². The van der Waals surface area contributed by atoms with Gasteiger partial charge in [-0.25, -0.2) is 36.7 Å². The fourth-order valence-corrected chi connectivity index (χ4v) is 18.3. The molecule has 6 aromatic carbocycles. The smallest absolute Gasteiger partial charge is 0.330 e. The SMILES string of the molecule is CC1(S(=O)(=O)NC(=O)[C@@]23C[C@H]2/C=C\CCCCC[C@H](Nc2ccc4ccccc4c2)C(=O)N2C[C@H](Oc4nc5ccccc5s4)C[C@H]2C(=O)N3)CC1.CC1(S(N)(=O)=O)CC1.O=C1N[C@]2(C(=O)O)C[C@H]2/C=C\CCCCC[C@H](Nc2ccc3ccccc3c2)C(=O)N2C[C@H](Oc3nc4ccccc4s3)C[C@@H]12. The Morgan fingerprint density at radius 3 is 1.43 bits per heavy atom. The van der Waals surface area contributed by atoms with Crippen LogP contribution in [0.4, 0.5) is 11.4 Å². The zero-order valence-corrected chi connectivity index (χ0v) is 61.9. The van der Waals surface area contributed by atoms with Crippen LogP contribution in [0, 0.1) is 11.8 Å². The molecule has 4 aliphatic carbocycles. The quantitative estimate of drug-likeness (QED) is 0.0527. The van der Waals surface area contributed by atoms with Crippen molar-refractivity contribution in [2.24, 2.45) is 17.0 Å². The zero-order valence-electron chi connectivity index (χ0n) is 58.6. The molecule has 0 radical (unpaired) electrons. The van der Waals surface area contributed by atoms with Crippen LogP contribution in [-0.2, 0) is 48.8 Å². The average Bonchev–Trinajstić information content (AvgIpc) is 1.57. The minimum Gasteiger partial charge on any atom is -0.479 e. The van der Waals surface area contributed by atoms with E-state index in [0.29, 0.717) is 42.5 Å². The molecule has 6 fully saturated rings. The van der Waals surface area contributed by atoms with Crippen LogP contribution in [-0.4, -0.2) is 147 Å². The molecule has 2 aromatic heterocycles. The van der Waals surface area contributed by atoms with Crippen LogP contribution in [0.25, 0.3) is 42.0 Å². The molecule has 16 rings (SSSR count). The number of rotatable bonds is 13. The molecule has 105 heavy (non-hydrogen) atoms. The molecule has 5 amide bonds. The fraction of sp³-hybridized carbons (Fsp3) is 0.436. The van der Waals surface area contributed by atoms with Gasteiger partial charge in [-0.15, -0.1) is 0 Å².